The van der Waals surface area contributed by atoms with Crippen molar-refractivity contribution in [2.45, 2.75) is 17.4 Å². The lowest BCUT2D eigenvalue weighted by atomic mass is 9.93. The zero-order valence-electron chi connectivity index (χ0n) is 9.64. The van der Waals surface area contributed by atoms with Crippen molar-refractivity contribution in [3.8, 4) is 0 Å². The molecule has 2 atom stereocenters. The van der Waals surface area contributed by atoms with Crippen molar-refractivity contribution in [2.75, 3.05) is 5.75 Å². The number of aliphatic hydroxyl groups is 1. The summed E-state index contributed by atoms with van der Waals surface area (Å²) in [7, 11) is 0. The number of fused-ring (bicyclic) bond motifs is 1. The van der Waals surface area contributed by atoms with Gasteiger partial charge >= 0.3 is 0 Å². The maximum absolute atomic E-state index is 10.4. The lowest BCUT2D eigenvalue weighted by molar-refractivity contribution is 0.114. The summed E-state index contributed by atoms with van der Waals surface area (Å²) < 4.78 is 0. The second-order valence-corrected chi connectivity index (χ2v) is 5.94. The minimum Gasteiger partial charge on any atom is -0.388 e. The number of thioether (sulfide) groups is 1. The van der Waals surface area contributed by atoms with Crippen LogP contribution >= 0.6 is 23.4 Å². The molecule has 0 unspecified atom stereocenters. The summed E-state index contributed by atoms with van der Waals surface area (Å²) in [5, 5.41) is 11.1. The molecule has 0 bridgehead atoms. The van der Waals surface area contributed by atoms with Gasteiger partial charge in [0.15, 0.2) is 0 Å². The highest BCUT2D eigenvalue weighted by molar-refractivity contribution is 7.99. The fourth-order valence-electron chi connectivity index (χ4n) is 2.25. The van der Waals surface area contributed by atoms with Gasteiger partial charge in [-0.3, -0.25) is 0 Å². The van der Waals surface area contributed by atoms with E-state index < -0.39 is 6.10 Å². The maximum atomic E-state index is 10.4. The lowest BCUT2D eigenvalue weighted by Crippen LogP contribution is -2.22. The van der Waals surface area contributed by atoms with E-state index in [2.05, 4.69) is 9.97 Å². The highest BCUT2D eigenvalue weighted by Crippen LogP contribution is 2.41. The average molecular weight is 281 g/mol. The van der Waals surface area contributed by atoms with Crippen molar-refractivity contribution in [1.29, 1.82) is 0 Å². The van der Waals surface area contributed by atoms with E-state index in [-0.39, 0.29) is 5.92 Å². The molecule has 2 N–H and O–H groups in total. The van der Waals surface area contributed by atoms with Gasteiger partial charge in [-0.1, -0.05) is 17.7 Å². The van der Waals surface area contributed by atoms with Gasteiger partial charge in [-0.2, -0.15) is 0 Å². The summed E-state index contributed by atoms with van der Waals surface area (Å²) in [6, 6.07) is 5.68. The molecule has 0 aliphatic carbocycles. The first-order chi connectivity index (χ1) is 8.74. The van der Waals surface area contributed by atoms with Crippen molar-refractivity contribution in [1.82, 2.24) is 9.97 Å². The first kappa shape index (κ1) is 12.1. The summed E-state index contributed by atoms with van der Waals surface area (Å²) in [6.07, 6.45) is 3.88. The largest absolute Gasteiger partial charge is 0.388 e. The Bertz CT molecular complexity index is 544. The highest BCUT2D eigenvalue weighted by atomic mass is 35.5. The van der Waals surface area contributed by atoms with Crippen LogP contribution in [-0.4, -0.2) is 20.8 Å². The van der Waals surface area contributed by atoms with E-state index in [0.29, 0.717) is 0 Å². The Morgan fingerprint density at radius 1 is 1.50 bits per heavy atom. The molecule has 0 amide bonds. The predicted molar refractivity (Wildman–Crippen MR) is 72.9 cm³/mol. The molecule has 0 spiro atoms. The van der Waals surface area contributed by atoms with Crippen molar-refractivity contribution in [3.63, 3.8) is 0 Å². The molecule has 5 heteroatoms. The minimum atomic E-state index is -0.441. The Hall–Kier alpha value is -0.970. The van der Waals surface area contributed by atoms with Gasteiger partial charge in [-0.15, -0.1) is 11.8 Å². The summed E-state index contributed by atoms with van der Waals surface area (Å²) in [5.41, 5.74) is 0.979. The third-order valence-electron chi connectivity index (χ3n) is 3.20. The Kier molecular flexibility index (Phi) is 3.33. The van der Waals surface area contributed by atoms with Gasteiger partial charge in [-0.25, -0.2) is 4.98 Å². The second-order valence-electron chi connectivity index (χ2n) is 4.44. The van der Waals surface area contributed by atoms with Crippen LogP contribution in [0.1, 0.15) is 17.5 Å². The van der Waals surface area contributed by atoms with Crippen LogP contribution in [-0.2, 0) is 6.42 Å². The quantitative estimate of drug-likeness (QED) is 0.889. The Morgan fingerprint density at radius 3 is 3.17 bits per heavy atom. The van der Waals surface area contributed by atoms with Gasteiger partial charge in [0.2, 0.25) is 0 Å². The molecule has 1 aromatic heterocycles. The van der Waals surface area contributed by atoms with Gasteiger partial charge in [0, 0.05) is 40.4 Å². The number of nitrogens with zero attached hydrogens (tertiary/aromatic N) is 1. The van der Waals surface area contributed by atoms with E-state index in [4.69, 9.17) is 11.6 Å². The van der Waals surface area contributed by atoms with E-state index >= 15 is 0 Å². The predicted octanol–water partition coefficient (Wildman–Crippen LogP) is 3.06. The molecule has 0 radical (unpaired) electrons. The second kappa shape index (κ2) is 4.96. The summed E-state index contributed by atoms with van der Waals surface area (Å²) in [4.78, 5) is 8.39. The molecule has 18 heavy (non-hydrogen) atoms. The van der Waals surface area contributed by atoms with Gasteiger partial charge in [0.25, 0.3) is 0 Å². The van der Waals surface area contributed by atoms with Crippen LogP contribution in [0.3, 0.4) is 0 Å². The van der Waals surface area contributed by atoms with Crippen molar-refractivity contribution < 1.29 is 5.11 Å². The third kappa shape index (κ3) is 2.28. The number of nitrogens with one attached hydrogen (secondary N) is 1. The van der Waals surface area contributed by atoms with Crippen LogP contribution in [0.4, 0.5) is 0 Å². The monoisotopic (exact) mass is 280 g/mol. The molecule has 94 valence electrons. The lowest BCUT2D eigenvalue weighted by Gasteiger charge is -2.29. The third-order valence-corrected chi connectivity index (χ3v) is 4.70. The van der Waals surface area contributed by atoms with E-state index in [1.54, 1.807) is 18.0 Å². The fraction of sp³-hybridized carbons (Fsp3) is 0.308. The number of halogens is 1. The van der Waals surface area contributed by atoms with Gasteiger partial charge < -0.3 is 10.1 Å². The molecular weight excluding hydrogens is 268 g/mol. The molecule has 1 aliphatic heterocycles. The molecule has 2 aromatic rings. The SMILES string of the molecule is O[C@H]1c2ccc(Cl)cc2SC[C@@H]1Cc1ncc[nH]1. The van der Waals surface area contributed by atoms with E-state index in [9.17, 15) is 5.11 Å². The van der Waals surface area contributed by atoms with Gasteiger partial charge in [-0.05, 0) is 17.7 Å². The topological polar surface area (TPSA) is 48.9 Å². The average Bonchev–Trinajstić information content (AvgIpc) is 2.85. The molecule has 3 nitrogen and oxygen atoms in total. The number of aromatic nitrogens is 2. The van der Waals surface area contributed by atoms with E-state index in [0.717, 1.165) is 33.5 Å². The van der Waals surface area contributed by atoms with Crippen LogP contribution in [0.15, 0.2) is 35.5 Å². The number of hydrogen-bond donors (Lipinski definition) is 2. The Balaban J connectivity index is 1.83. The maximum Gasteiger partial charge on any atom is 0.106 e. The Labute approximate surface area is 115 Å². The fourth-order valence-corrected chi connectivity index (χ4v) is 3.74. The molecule has 0 saturated heterocycles. The molecule has 1 aromatic carbocycles. The number of H-pyrrole nitrogens is 1. The first-order valence-corrected chi connectivity index (χ1v) is 7.19. The van der Waals surface area contributed by atoms with Crippen molar-refractivity contribution >= 4 is 23.4 Å². The van der Waals surface area contributed by atoms with Crippen LogP contribution < -0.4 is 0 Å². The zero-order chi connectivity index (χ0) is 12.5. The first-order valence-electron chi connectivity index (χ1n) is 5.82. The van der Waals surface area contributed by atoms with Crippen LogP contribution in [0, 0.1) is 5.92 Å². The molecular formula is C13H13ClN2OS. The van der Waals surface area contributed by atoms with Crippen molar-refractivity contribution in [3.05, 3.63) is 47.0 Å². The van der Waals surface area contributed by atoms with Gasteiger partial charge in [0.05, 0.1) is 6.10 Å². The number of rotatable bonds is 2. The highest BCUT2D eigenvalue weighted by Gasteiger charge is 2.29. The standard InChI is InChI=1S/C13H13ClN2OS/c14-9-1-2-10-11(6-9)18-7-8(13(10)17)5-12-15-3-4-16-12/h1-4,6,8,13,17H,5,7H2,(H,15,16)/t8-,13+/m0/s1. The molecule has 0 saturated carbocycles. The van der Waals surface area contributed by atoms with Crippen LogP contribution in [0.2, 0.25) is 5.02 Å². The van der Waals surface area contributed by atoms with Crippen molar-refractivity contribution in [2.24, 2.45) is 5.92 Å². The van der Waals surface area contributed by atoms with Crippen LogP contribution in [0.25, 0.3) is 0 Å². The van der Waals surface area contributed by atoms with Crippen LogP contribution in [0.5, 0.6) is 0 Å². The molecule has 1 aliphatic rings. The number of hydrogen-bond acceptors (Lipinski definition) is 3. The molecule has 3 rings (SSSR count). The smallest absolute Gasteiger partial charge is 0.106 e. The molecule has 0 fully saturated rings. The summed E-state index contributed by atoms with van der Waals surface area (Å²) in [6.45, 7) is 0. The molecule has 2 heterocycles. The normalized spacial score (nSPS) is 22.8. The number of benzene rings is 1. The number of aliphatic hydroxyl groups excluding tert-OH is 1. The number of imidazole rings is 1. The summed E-state index contributed by atoms with van der Waals surface area (Å²) in [5.74, 6) is 2.00. The van der Waals surface area contributed by atoms with E-state index in [1.165, 1.54) is 0 Å². The zero-order valence-corrected chi connectivity index (χ0v) is 11.2. The van der Waals surface area contributed by atoms with E-state index in [1.807, 2.05) is 24.4 Å². The Morgan fingerprint density at radius 2 is 2.39 bits per heavy atom. The van der Waals surface area contributed by atoms with Gasteiger partial charge in [0.1, 0.15) is 5.82 Å². The number of aromatic amines is 1. The minimum absolute atomic E-state index is 0.190. The summed E-state index contributed by atoms with van der Waals surface area (Å²) >= 11 is 7.72.